The fraction of sp³-hybridized carbons (Fsp3) is 1.00. The van der Waals surface area contributed by atoms with Gasteiger partial charge in [0.2, 0.25) is 10.0 Å². The standard InChI is InChI=1S/C12H26N2O2S/c1-3-4-11-5-7-12(8-6-11)14-17(15,16)10(2)9-13/h10-12,14H,3-9,13H2,1-2H3. The second kappa shape index (κ2) is 6.71. The average molecular weight is 262 g/mol. The molecule has 0 radical (unpaired) electrons. The molecule has 1 fully saturated rings. The van der Waals surface area contributed by atoms with Crippen LogP contribution in [0, 0.1) is 5.92 Å². The minimum Gasteiger partial charge on any atom is -0.329 e. The van der Waals surface area contributed by atoms with Crippen LogP contribution in [0.15, 0.2) is 0 Å². The van der Waals surface area contributed by atoms with Crippen molar-refractivity contribution in [3.05, 3.63) is 0 Å². The van der Waals surface area contributed by atoms with Crippen LogP contribution in [0.1, 0.15) is 52.4 Å². The van der Waals surface area contributed by atoms with Crippen LogP contribution in [0.3, 0.4) is 0 Å². The molecule has 1 rings (SSSR count). The molecule has 0 bridgehead atoms. The molecule has 4 nitrogen and oxygen atoms in total. The summed E-state index contributed by atoms with van der Waals surface area (Å²) in [6.45, 7) is 4.04. The summed E-state index contributed by atoms with van der Waals surface area (Å²) >= 11 is 0. The van der Waals surface area contributed by atoms with Crippen molar-refractivity contribution in [2.75, 3.05) is 6.54 Å². The van der Waals surface area contributed by atoms with Crippen LogP contribution in [0.25, 0.3) is 0 Å². The molecular weight excluding hydrogens is 236 g/mol. The Morgan fingerprint density at radius 1 is 1.29 bits per heavy atom. The van der Waals surface area contributed by atoms with E-state index in [0.29, 0.717) is 0 Å². The molecular formula is C12H26N2O2S. The summed E-state index contributed by atoms with van der Waals surface area (Å²) in [5.74, 6) is 0.799. The van der Waals surface area contributed by atoms with E-state index in [1.165, 1.54) is 12.8 Å². The Hall–Kier alpha value is -0.130. The number of hydrogen-bond donors (Lipinski definition) is 2. The minimum absolute atomic E-state index is 0.127. The van der Waals surface area contributed by atoms with Gasteiger partial charge in [0.25, 0.3) is 0 Å². The van der Waals surface area contributed by atoms with Gasteiger partial charge in [-0.15, -0.1) is 0 Å². The van der Waals surface area contributed by atoms with Gasteiger partial charge < -0.3 is 5.73 Å². The first kappa shape index (κ1) is 14.9. The molecule has 102 valence electrons. The van der Waals surface area contributed by atoms with Crippen molar-refractivity contribution in [3.8, 4) is 0 Å². The maximum absolute atomic E-state index is 11.8. The molecule has 0 amide bonds. The van der Waals surface area contributed by atoms with Crippen LogP contribution in [0.2, 0.25) is 0 Å². The molecule has 1 saturated carbocycles. The van der Waals surface area contributed by atoms with Crippen molar-refractivity contribution >= 4 is 10.0 Å². The van der Waals surface area contributed by atoms with Gasteiger partial charge >= 0.3 is 0 Å². The number of nitrogens with two attached hydrogens (primary N) is 1. The fourth-order valence-electron chi connectivity index (χ4n) is 2.45. The highest BCUT2D eigenvalue weighted by atomic mass is 32.2. The Bertz CT molecular complexity index is 308. The fourth-order valence-corrected chi connectivity index (χ4v) is 3.64. The Kier molecular flexibility index (Phi) is 5.89. The van der Waals surface area contributed by atoms with Gasteiger partial charge in [-0.05, 0) is 38.5 Å². The molecule has 17 heavy (non-hydrogen) atoms. The number of nitrogens with one attached hydrogen (secondary N) is 1. The third-order valence-corrected chi connectivity index (χ3v) is 5.65. The zero-order valence-electron chi connectivity index (χ0n) is 11.0. The summed E-state index contributed by atoms with van der Waals surface area (Å²) in [6.07, 6.45) is 6.75. The van der Waals surface area contributed by atoms with Gasteiger partial charge in [0.15, 0.2) is 0 Å². The van der Waals surface area contributed by atoms with Gasteiger partial charge in [0, 0.05) is 12.6 Å². The first-order valence-electron chi connectivity index (χ1n) is 6.70. The maximum atomic E-state index is 11.8. The van der Waals surface area contributed by atoms with Crippen LogP contribution in [0.5, 0.6) is 0 Å². The molecule has 1 atom stereocenters. The maximum Gasteiger partial charge on any atom is 0.215 e. The van der Waals surface area contributed by atoms with E-state index in [4.69, 9.17) is 5.73 Å². The summed E-state index contributed by atoms with van der Waals surface area (Å²) in [5.41, 5.74) is 5.41. The van der Waals surface area contributed by atoms with Crippen molar-refractivity contribution in [2.24, 2.45) is 11.7 Å². The Labute approximate surface area is 105 Å². The second-order valence-corrected chi connectivity index (χ2v) is 7.35. The van der Waals surface area contributed by atoms with Crippen LogP contribution in [-0.4, -0.2) is 26.3 Å². The zero-order valence-corrected chi connectivity index (χ0v) is 11.8. The van der Waals surface area contributed by atoms with Crippen LogP contribution in [0.4, 0.5) is 0 Å². The van der Waals surface area contributed by atoms with Crippen molar-refractivity contribution < 1.29 is 8.42 Å². The summed E-state index contributed by atoms with van der Waals surface area (Å²) < 4.78 is 26.5. The van der Waals surface area contributed by atoms with Gasteiger partial charge in [0.1, 0.15) is 0 Å². The van der Waals surface area contributed by atoms with E-state index in [9.17, 15) is 8.42 Å². The smallest absolute Gasteiger partial charge is 0.215 e. The topological polar surface area (TPSA) is 72.2 Å². The Morgan fingerprint density at radius 3 is 2.35 bits per heavy atom. The van der Waals surface area contributed by atoms with Crippen LogP contribution in [-0.2, 0) is 10.0 Å². The molecule has 1 aliphatic carbocycles. The van der Waals surface area contributed by atoms with E-state index in [1.54, 1.807) is 6.92 Å². The van der Waals surface area contributed by atoms with Gasteiger partial charge in [-0.25, -0.2) is 13.1 Å². The van der Waals surface area contributed by atoms with Gasteiger partial charge in [-0.1, -0.05) is 19.8 Å². The lowest BCUT2D eigenvalue weighted by atomic mass is 9.84. The molecule has 5 heteroatoms. The zero-order chi connectivity index (χ0) is 12.9. The first-order chi connectivity index (χ1) is 7.99. The monoisotopic (exact) mass is 262 g/mol. The molecule has 0 saturated heterocycles. The minimum atomic E-state index is -3.21. The summed E-state index contributed by atoms with van der Waals surface area (Å²) in [4.78, 5) is 0. The Morgan fingerprint density at radius 2 is 1.88 bits per heavy atom. The molecule has 0 aromatic carbocycles. The SMILES string of the molecule is CCCC1CCC(NS(=O)(=O)C(C)CN)CC1. The van der Waals surface area contributed by atoms with E-state index in [2.05, 4.69) is 11.6 Å². The van der Waals surface area contributed by atoms with Crippen LogP contribution < -0.4 is 10.5 Å². The van der Waals surface area contributed by atoms with Crippen LogP contribution >= 0.6 is 0 Å². The molecule has 0 spiro atoms. The van der Waals surface area contributed by atoms with Crippen molar-refractivity contribution in [3.63, 3.8) is 0 Å². The molecule has 0 aromatic rings. The van der Waals surface area contributed by atoms with E-state index in [1.807, 2.05) is 0 Å². The highest BCUT2D eigenvalue weighted by molar-refractivity contribution is 7.90. The number of rotatable bonds is 6. The highest BCUT2D eigenvalue weighted by Crippen LogP contribution is 2.28. The van der Waals surface area contributed by atoms with Gasteiger partial charge in [-0.3, -0.25) is 0 Å². The lowest BCUT2D eigenvalue weighted by molar-refractivity contribution is 0.297. The molecule has 1 unspecified atom stereocenters. The summed E-state index contributed by atoms with van der Waals surface area (Å²) in [5, 5.41) is -0.490. The molecule has 1 aliphatic rings. The molecule has 0 aliphatic heterocycles. The van der Waals surface area contributed by atoms with E-state index in [0.717, 1.165) is 31.6 Å². The molecule has 3 N–H and O–H groups in total. The van der Waals surface area contributed by atoms with Crippen molar-refractivity contribution in [1.82, 2.24) is 4.72 Å². The Balaban J connectivity index is 2.40. The lowest BCUT2D eigenvalue weighted by Gasteiger charge is -2.29. The normalized spacial score (nSPS) is 27.9. The van der Waals surface area contributed by atoms with Crippen molar-refractivity contribution in [2.45, 2.75) is 63.7 Å². The quantitative estimate of drug-likeness (QED) is 0.764. The van der Waals surface area contributed by atoms with E-state index < -0.39 is 15.3 Å². The number of sulfonamides is 1. The van der Waals surface area contributed by atoms with Gasteiger partial charge in [-0.2, -0.15) is 0 Å². The molecule has 0 heterocycles. The lowest BCUT2D eigenvalue weighted by Crippen LogP contribution is -2.44. The first-order valence-corrected chi connectivity index (χ1v) is 8.25. The summed E-state index contributed by atoms with van der Waals surface area (Å²) in [7, 11) is -3.21. The largest absolute Gasteiger partial charge is 0.329 e. The summed E-state index contributed by atoms with van der Waals surface area (Å²) in [6, 6.07) is 0.127. The predicted octanol–water partition coefficient (Wildman–Crippen LogP) is 1.61. The third-order valence-electron chi connectivity index (χ3n) is 3.74. The predicted molar refractivity (Wildman–Crippen MR) is 71.2 cm³/mol. The highest BCUT2D eigenvalue weighted by Gasteiger charge is 2.26. The second-order valence-electron chi connectivity index (χ2n) is 5.22. The van der Waals surface area contributed by atoms with Gasteiger partial charge in [0.05, 0.1) is 5.25 Å². The molecule has 0 aromatic heterocycles. The van der Waals surface area contributed by atoms with E-state index in [-0.39, 0.29) is 12.6 Å². The number of hydrogen-bond acceptors (Lipinski definition) is 3. The van der Waals surface area contributed by atoms with Crippen molar-refractivity contribution in [1.29, 1.82) is 0 Å². The average Bonchev–Trinajstić information content (AvgIpc) is 2.30. The third kappa shape index (κ3) is 4.56. The van der Waals surface area contributed by atoms with E-state index >= 15 is 0 Å².